The van der Waals surface area contributed by atoms with Gasteiger partial charge in [-0.15, -0.1) is 0 Å². The van der Waals surface area contributed by atoms with E-state index < -0.39 is 0 Å². The van der Waals surface area contributed by atoms with Gasteiger partial charge in [0.05, 0.1) is 6.10 Å². The molecule has 2 aliphatic rings. The fourth-order valence-corrected chi connectivity index (χ4v) is 2.44. The first kappa shape index (κ1) is 12.8. The maximum absolute atomic E-state index is 11.9. The molecule has 0 saturated carbocycles. The largest absolute Gasteiger partial charge is 0.462 e. The molecule has 0 bridgehead atoms. The fraction of sp³-hybridized carbons (Fsp3) is 0.923. The number of hydrogen-bond donors (Lipinski definition) is 1. The molecule has 2 saturated heterocycles. The van der Waals surface area contributed by atoms with E-state index in [9.17, 15) is 4.79 Å². The predicted octanol–water partition coefficient (Wildman–Crippen LogP) is 1.63. The van der Waals surface area contributed by atoms with Crippen LogP contribution in [0.1, 0.15) is 44.9 Å². The Morgan fingerprint density at radius 3 is 2.88 bits per heavy atom. The smallest absolute Gasteiger partial charge is 0.323 e. The highest BCUT2D eigenvalue weighted by atomic mass is 16.6. The van der Waals surface area contributed by atoms with Crippen molar-refractivity contribution in [3.63, 3.8) is 0 Å². The van der Waals surface area contributed by atoms with Crippen LogP contribution in [0.25, 0.3) is 0 Å². The molecular formula is C13H23NO3. The maximum Gasteiger partial charge on any atom is 0.323 e. The second kappa shape index (κ2) is 6.97. The zero-order valence-electron chi connectivity index (χ0n) is 10.5. The number of rotatable bonds is 3. The summed E-state index contributed by atoms with van der Waals surface area (Å²) in [4.78, 5) is 11.9. The first-order valence-corrected chi connectivity index (χ1v) is 6.88. The highest BCUT2D eigenvalue weighted by molar-refractivity contribution is 5.75. The molecule has 0 spiro atoms. The third kappa shape index (κ3) is 4.28. The fourth-order valence-electron chi connectivity index (χ4n) is 2.44. The number of ether oxygens (including phenoxy) is 2. The lowest BCUT2D eigenvalue weighted by atomic mass is 10.1. The van der Waals surface area contributed by atoms with Crippen LogP contribution in [0.2, 0.25) is 0 Å². The van der Waals surface area contributed by atoms with E-state index in [0.29, 0.717) is 6.61 Å². The Labute approximate surface area is 103 Å². The van der Waals surface area contributed by atoms with E-state index in [1.807, 2.05) is 0 Å². The molecule has 17 heavy (non-hydrogen) atoms. The van der Waals surface area contributed by atoms with Crippen molar-refractivity contribution in [2.45, 2.75) is 57.1 Å². The van der Waals surface area contributed by atoms with Gasteiger partial charge in [-0.25, -0.2) is 0 Å². The van der Waals surface area contributed by atoms with Crippen LogP contribution >= 0.6 is 0 Å². The van der Waals surface area contributed by atoms with E-state index in [1.165, 1.54) is 12.8 Å². The van der Waals surface area contributed by atoms with Gasteiger partial charge in [0, 0.05) is 6.61 Å². The molecule has 2 aliphatic heterocycles. The normalized spacial score (nSPS) is 30.6. The van der Waals surface area contributed by atoms with Crippen molar-refractivity contribution in [2.24, 2.45) is 0 Å². The van der Waals surface area contributed by atoms with Gasteiger partial charge in [0.25, 0.3) is 0 Å². The Morgan fingerprint density at radius 2 is 2.06 bits per heavy atom. The molecule has 0 radical (unpaired) electrons. The molecule has 2 unspecified atom stereocenters. The van der Waals surface area contributed by atoms with Gasteiger partial charge in [-0.05, 0) is 38.6 Å². The van der Waals surface area contributed by atoms with Crippen molar-refractivity contribution < 1.29 is 14.3 Å². The summed E-state index contributed by atoms with van der Waals surface area (Å²) in [7, 11) is 0. The Bertz CT molecular complexity index is 231. The Kier molecular flexibility index (Phi) is 5.26. The Balaban J connectivity index is 1.68. The van der Waals surface area contributed by atoms with Gasteiger partial charge in [0.15, 0.2) is 0 Å². The lowest BCUT2D eigenvalue weighted by molar-refractivity contribution is -0.151. The molecule has 98 valence electrons. The molecule has 0 aromatic rings. The van der Waals surface area contributed by atoms with Crippen molar-refractivity contribution in [1.82, 2.24) is 5.32 Å². The minimum Gasteiger partial charge on any atom is -0.462 e. The number of carbonyl (C=O) groups excluding carboxylic acids is 1. The van der Waals surface area contributed by atoms with Crippen molar-refractivity contribution in [2.75, 3.05) is 19.8 Å². The summed E-state index contributed by atoms with van der Waals surface area (Å²) in [6.45, 7) is 2.17. The SMILES string of the molecule is O=C(OCC1CCCCO1)C1CCCCCN1. The molecule has 2 rings (SSSR count). The molecule has 4 heteroatoms. The number of esters is 1. The zero-order valence-corrected chi connectivity index (χ0v) is 10.5. The topological polar surface area (TPSA) is 47.6 Å². The molecule has 2 atom stereocenters. The first-order chi connectivity index (χ1) is 8.36. The first-order valence-electron chi connectivity index (χ1n) is 6.88. The van der Waals surface area contributed by atoms with Crippen LogP contribution < -0.4 is 5.32 Å². The van der Waals surface area contributed by atoms with Gasteiger partial charge in [0.2, 0.25) is 0 Å². The third-order valence-electron chi connectivity index (χ3n) is 3.53. The molecular weight excluding hydrogens is 218 g/mol. The molecule has 2 heterocycles. The minimum absolute atomic E-state index is 0.0962. The molecule has 2 fully saturated rings. The van der Waals surface area contributed by atoms with Gasteiger partial charge >= 0.3 is 5.97 Å². The van der Waals surface area contributed by atoms with Crippen molar-refractivity contribution in [3.8, 4) is 0 Å². The molecule has 0 amide bonds. The number of nitrogens with one attached hydrogen (secondary N) is 1. The van der Waals surface area contributed by atoms with Crippen LogP contribution in [0.5, 0.6) is 0 Å². The average Bonchev–Trinajstić information content (AvgIpc) is 2.66. The van der Waals surface area contributed by atoms with Crippen molar-refractivity contribution in [3.05, 3.63) is 0 Å². The lowest BCUT2D eigenvalue weighted by Crippen LogP contribution is -2.39. The third-order valence-corrected chi connectivity index (χ3v) is 3.53. The van der Waals surface area contributed by atoms with Gasteiger partial charge < -0.3 is 14.8 Å². The monoisotopic (exact) mass is 241 g/mol. The molecule has 0 aliphatic carbocycles. The van der Waals surface area contributed by atoms with Gasteiger partial charge in [-0.3, -0.25) is 4.79 Å². The van der Waals surface area contributed by atoms with E-state index in [1.54, 1.807) is 0 Å². The molecule has 0 aromatic carbocycles. The van der Waals surface area contributed by atoms with Gasteiger partial charge in [-0.2, -0.15) is 0 Å². The standard InChI is InChI=1S/C13H23NO3/c15-13(12-7-2-1-4-8-14-12)17-10-11-6-3-5-9-16-11/h11-12,14H,1-10H2. The van der Waals surface area contributed by atoms with Crippen molar-refractivity contribution in [1.29, 1.82) is 0 Å². The maximum atomic E-state index is 11.9. The summed E-state index contributed by atoms with van der Waals surface area (Å²) < 4.78 is 10.9. The summed E-state index contributed by atoms with van der Waals surface area (Å²) in [5.74, 6) is -0.0962. The number of carbonyl (C=O) groups is 1. The average molecular weight is 241 g/mol. The predicted molar refractivity (Wildman–Crippen MR) is 64.8 cm³/mol. The lowest BCUT2D eigenvalue weighted by Gasteiger charge is -2.23. The molecule has 1 N–H and O–H groups in total. The van der Waals surface area contributed by atoms with Gasteiger partial charge in [0.1, 0.15) is 12.6 Å². The second-order valence-electron chi connectivity index (χ2n) is 4.97. The number of hydrogen-bond acceptors (Lipinski definition) is 4. The molecule has 0 aromatic heterocycles. The minimum atomic E-state index is -0.0962. The Morgan fingerprint density at radius 1 is 1.18 bits per heavy atom. The van der Waals surface area contributed by atoms with Crippen LogP contribution in [0, 0.1) is 0 Å². The van der Waals surface area contributed by atoms with Crippen LogP contribution in [-0.2, 0) is 14.3 Å². The van der Waals surface area contributed by atoms with Crippen LogP contribution in [0.3, 0.4) is 0 Å². The summed E-state index contributed by atoms with van der Waals surface area (Å²) >= 11 is 0. The van der Waals surface area contributed by atoms with Crippen molar-refractivity contribution >= 4 is 5.97 Å². The van der Waals surface area contributed by atoms with Crippen LogP contribution in [0.15, 0.2) is 0 Å². The summed E-state index contributed by atoms with van der Waals surface area (Å²) in [6.07, 6.45) is 7.86. The highest BCUT2D eigenvalue weighted by Crippen LogP contribution is 2.14. The van der Waals surface area contributed by atoms with Gasteiger partial charge in [-0.1, -0.05) is 12.8 Å². The van der Waals surface area contributed by atoms with E-state index in [4.69, 9.17) is 9.47 Å². The van der Waals surface area contributed by atoms with E-state index in [0.717, 1.165) is 45.3 Å². The second-order valence-corrected chi connectivity index (χ2v) is 4.97. The molecule has 4 nitrogen and oxygen atoms in total. The Hall–Kier alpha value is -0.610. The van der Waals surface area contributed by atoms with Crippen LogP contribution in [0.4, 0.5) is 0 Å². The van der Waals surface area contributed by atoms with E-state index >= 15 is 0 Å². The van der Waals surface area contributed by atoms with Crippen LogP contribution in [-0.4, -0.2) is 37.9 Å². The van der Waals surface area contributed by atoms with E-state index in [2.05, 4.69) is 5.32 Å². The summed E-state index contributed by atoms with van der Waals surface area (Å²) in [6, 6.07) is -0.0962. The summed E-state index contributed by atoms with van der Waals surface area (Å²) in [5, 5.41) is 3.25. The quantitative estimate of drug-likeness (QED) is 0.763. The summed E-state index contributed by atoms with van der Waals surface area (Å²) in [5.41, 5.74) is 0. The highest BCUT2D eigenvalue weighted by Gasteiger charge is 2.23. The van der Waals surface area contributed by atoms with E-state index in [-0.39, 0.29) is 18.1 Å². The zero-order chi connectivity index (χ0) is 11.9.